The van der Waals surface area contributed by atoms with Crippen LogP contribution < -0.4 is 24.8 Å². The van der Waals surface area contributed by atoms with E-state index >= 15 is 0 Å². The van der Waals surface area contributed by atoms with Crippen LogP contribution in [0.5, 0.6) is 0 Å². The van der Waals surface area contributed by atoms with Crippen molar-refractivity contribution in [3.8, 4) is 16.8 Å². The molecule has 0 fully saturated rings. The van der Waals surface area contributed by atoms with Gasteiger partial charge in [0.05, 0.1) is 8.07 Å². The molecule has 197 valence electrons. The van der Waals surface area contributed by atoms with Gasteiger partial charge in [0.25, 0.3) is 0 Å². The molecule has 8 rings (SSSR count). The second-order valence-electron chi connectivity index (χ2n) is 10.9. The minimum atomic E-state index is -1.17. The Kier molecular flexibility index (Phi) is 9.88. The number of para-hydroxylation sites is 1. The second kappa shape index (κ2) is 12.2. The third-order valence-electron chi connectivity index (χ3n) is 8.26. The van der Waals surface area contributed by atoms with Crippen molar-refractivity contribution in [1.29, 1.82) is 0 Å². The predicted molar refractivity (Wildman–Crippen MR) is 158 cm³/mol. The minimum absolute atomic E-state index is 0. The Morgan fingerprint density at radius 2 is 1.54 bits per heavy atom. The number of aryl methyl sites for hydroxylation is 2. The van der Waals surface area contributed by atoms with E-state index in [9.17, 15) is 0 Å². The zero-order valence-electron chi connectivity index (χ0n) is 23.2. The number of hydrogen-bond acceptors (Lipinski definition) is 0. The van der Waals surface area contributed by atoms with Crippen LogP contribution >= 0.6 is 0 Å². The summed E-state index contributed by atoms with van der Waals surface area (Å²) in [5.74, 6) is 0. The molecule has 0 N–H and O–H groups in total. The average molecular weight is 647 g/mol. The molecule has 39 heavy (non-hydrogen) atoms. The van der Waals surface area contributed by atoms with Crippen molar-refractivity contribution in [2.24, 2.45) is 0 Å². The van der Waals surface area contributed by atoms with Crippen molar-refractivity contribution < 1.29 is 51.0 Å². The number of halogens is 2. The average Bonchev–Trinajstić information content (AvgIpc) is 3.60. The Morgan fingerprint density at radius 1 is 0.846 bits per heavy atom. The van der Waals surface area contributed by atoms with Crippen molar-refractivity contribution in [2.45, 2.75) is 45.8 Å². The van der Waals surface area contributed by atoms with Gasteiger partial charge in [-0.05, 0) is 53.4 Å². The van der Waals surface area contributed by atoms with Gasteiger partial charge in [0.15, 0.2) is 0 Å². The Hall–Kier alpha value is -2.03. The van der Waals surface area contributed by atoms with Gasteiger partial charge >= 0.3 is 26.2 Å². The van der Waals surface area contributed by atoms with Crippen molar-refractivity contribution in [1.82, 2.24) is 4.57 Å². The molecule has 1 aromatic heterocycles. The number of allylic oxidation sites excluding steroid dienone is 1. The van der Waals surface area contributed by atoms with Gasteiger partial charge in [-0.2, -0.15) is 6.07 Å². The summed E-state index contributed by atoms with van der Waals surface area (Å²) < 4.78 is 2.38. The molecule has 1 nitrogen and oxygen atoms in total. The summed E-state index contributed by atoms with van der Waals surface area (Å²) in [4.78, 5) is 0. The van der Waals surface area contributed by atoms with Crippen LogP contribution in [0.15, 0.2) is 103 Å². The van der Waals surface area contributed by atoms with E-state index in [4.69, 9.17) is 0 Å². The molecule has 0 amide bonds. The molecule has 4 aromatic carbocycles. The van der Waals surface area contributed by atoms with Crippen LogP contribution in [0.2, 0.25) is 13.1 Å². The van der Waals surface area contributed by atoms with Crippen LogP contribution in [-0.4, -0.2) is 12.6 Å². The monoisotopic (exact) mass is 644 g/mol. The molecule has 3 heterocycles. The number of rotatable bonds is 3. The molecule has 1 radical (unpaired) electrons. The maximum absolute atomic E-state index is 2.51. The molecule has 1 atom stereocenters. The second-order valence-corrected chi connectivity index (χ2v) is 15.5. The SMILES string of the molecule is CC1=C2c3c(ccn3-c3ccccc3)C1[Si]2(C)C.CCc1ccc(-c2cccc3[cH-]c(C)cc23)cc1.[Cl-].[Cl-].[Zr+3]. The summed E-state index contributed by atoms with van der Waals surface area (Å²) >= 11 is 0. The van der Waals surface area contributed by atoms with Crippen molar-refractivity contribution in [3.05, 3.63) is 125 Å². The van der Waals surface area contributed by atoms with Crippen molar-refractivity contribution in [3.63, 3.8) is 0 Å². The maximum Gasteiger partial charge on any atom is 3.00 e. The number of nitrogens with zero attached hydrogens (tertiary/aromatic N) is 1. The first kappa shape index (κ1) is 31.5. The van der Waals surface area contributed by atoms with Crippen LogP contribution in [0, 0.1) is 6.92 Å². The molecule has 5 heteroatoms. The Morgan fingerprint density at radius 3 is 2.18 bits per heavy atom. The topological polar surface area (TPSA) is 4.93 Å². The quantitative estimate of drug-likeness (QED) is 0.210. The van der Waals surface area contributed by atoms with E-state index in [0.29, 0.717) is 0 Å². The summed E-state index contributed by atoms with van der Waals surface area (Å²) in [6.07, 6.45) is 3.34. The number of fused-ring (bicyclic) bond motifs is 1. The molecule has 3 aliphatic rings. The zero-order chi connectivity index (χ0) is 25.0. The maximum atomic E-state index is 2.51. The van der Waals surface area contributed by atoms with Crippen LogP contribution in [0.3, 0.4) is 0 Å². The fraction of sp³-hybridized carbons (Fsp3) is 0.206. The van der Waals surface area contributed by atoms with E-state index in [1.54, 1.807) is 16.3 Å². The molecule has 0 saturated carbocycles. The van der Waals surface area contributed by atoms with Crippen molar-refractivity contribution in [2.75, 3.05) is 0 Å². The van der Waals surface area contributed by atoms with Gasteiger partial charge in [-0.15, -0.1) is 34.5 Å². The number of aromatic nitrogens is 1. The largest absolute Gasteiger partial charge is 3.00 e. The molecule has 1 aliphatic carbocycles. The first-order valence-electron chi connectivity index (χ1n) is 13.1. The zero-order valence-corrected chi connectivity index (χ0v) is 28.2. The third-order valence-corrected chi connectivity index (χ3v) is 12.4. The van der Waals surface area contributed by atoms with Crippen LogP contribution in [0.1, 0.15) is 41.8 Å². The van der Waals surface area contributed by atoms with E-state index in [2.05, 4.69) is 136 Å². The smallest absolute Gasteiger partial charge is 1.00 e. The van der Waals surface area contributed by atoms with Gasteiger partial charge in [0.2, 0.25) is 0 Å². The van der Waals surface area contributed by atoms with Gasteiger partial charge in [-0.1, -0.05) is 86.6 Å². The Balaban J connectivity index is 0.000000200. The molecule has 0 spiro atoms. The fourth-order valence-corrected chi connectivity index (χ4v) is 11.0. The van der Waals surface area contributed by atoms with Gasteiger partial charge < -0.3 is 29.4 Å². The molecule has 1 unspecified atom stereocenters. The summed E-state index contributed by atoms with van der Waals surface area (Å²) in [5, 5.41) is 4.40. The third kappa shape index (κ3) is 5.24. The van der Waals surface area contributed by atoms with Gasteiger partial charge in [0.1, 0.15) is 0 Å². The number of benzene rings is 3. The summed E-state index contributed by atoms with van der Waals surface area (Å²) in [6, 6.07) is 33.0. The fourth-order valence-electron chi connectivity index (χ4n) is 6.68. The van der Waals surface area contributed by atoms with Gasteiger partial charge in [-0.3, -0.25) is 0 Å². The summed E-state index contributed by atoms with van der Waals surface area (Å²) in [7, 11) is -1.17. The molecule has 5 aromatic rings. The Labute approximate surface area is 265 Å². The standard InChI is InChI=1S/C18H17.C16H17NSi.2ClH.Zr/c1-3-14-7-9-15(10-8-14)17-6-4-5-16-11-13(2)12-18(16)17;1-11-15-13-9-10-17(12-7-5-4-6-8-12)14(13)16(11)18(15,2)3;;;/h4-12H,3H2,1-2H3;4-10,15H,1-3H3;2*1H;/q-1;;;;+3/p-2. The molecular weight excluding hydrogens is 613 g/mol. The van der Waals surface area contributed by atoms with Crippen LogP contribution in [0.4, 0.5) is 0 Å². The van der Waals surface area contributed by atoms with Crippen LogP contribution in [0.25, 0.3) is 32.8 Å². The minimum Gasteiger partial charge on any atom is -1.00 e. The summed E-state index contributed by atoms with van der Waals surface area (Å²) in [5.41, 5.74) is 12.2. The predicted octanol–water partition coefficient (Wildman–Crippen LogP) is 3.25. The molecule has 0 saturated heterocycles. The van der Waals surface area contributed by atoms with Crippen molar-refractivity contribution >= 4 is 24.0 Å². The molecular formula is C34H34Cl2NSiZr. The summed E-state index contributed by atoms with van der Waals surface area (Å²) in [6.45, 7) is 11.7. The van der Waals surface area contributed by atoms with Gasteiger partial charge in [-0.25, -0.2) is 0 Å². The van der Waals surface area contributed by atoms with E-state index in [1.807, 2.05) is 0 Å². The first-order valence-corrected chi connectivity index (χ1v) is 16.2. The van der Waals surface area contributed by atoms with E-state index in [-0.39, 0.29) is 51.0 Å². The van der Waals surface area contributed by atoms with E-state index in [0.717, 1.165) is 12.0 Å². The van der Waals surface area contributed by atoms with Crippen LogP contribution in [-0.2, 0) is 32.6 Å². The molecule has 2 aliphatic heterocycles. The van der Waals surface area contributed by atoms with E-state index in [1.165, 1.54) is 44.4 Å². The normalized spacial score (nSPS) is 15.7. The molecule has 2 bridgehead atoms. The Bertz CT molecular complexity index is 1610. The number of hydrogen-bond donors (Lipinski definition) is 0. The first-order chi connectivity index (χ1) is 17.4. The van der Waals surface area contributed by atoms with E-state index < -0.39 is 8.07 Å². The van der Waals surface area contributed by atoms with Gasteiger partial charge in [0, 0.05) is 23.1 Å².